The first-order valence-corrected chi connectivity index (χ1v) is 6.04. The predicted molar refractivity (Wildman–Crippen MR) is 64.0 cm³/mol. The third kappa shape index (κ3) is 3.32. The quantitative estimate of drug-likeness (QED) is 0.831. The second kappa shape index (κ2) is 5.88. The Kier molecular flexibility index (Phi) is 4.78. The van der Waals surface area contributed by atoms with Crippen LogP contribution in [0.1, 0.15) is 24.8 Å². The van der Waals surface area contributed by atoms with Crippen LogP contribution in [0.3, 0.4) is 0 Å². The fourth-order valence-electron chi connectivity index (χ4n) is 1.29. The number of thiophene rings is 1. The summed E-state index contributed by atoms with van der Waals surface area (Å²) in [6.07, 6.45) is 0. The molecule has 0 aromatic carbocycles. The van der Waals surface area contributed by atoms with Crippen molar-refractivity contribution in [1.82, 2.24) is 10.2 Å². The topological polar surface area (TPSA) is 32.3 Å². The molecule has 0 bridgehead atoms. The van der Waals surface area contributed by atoms with Gasteiger partial charge < -0.3 is 10.2 Å². The Morgan fingerprint density at radius 1 is 1.67 bits per heavy atom. The van der Waals surface area contributed by atoms with Gasteiger partial charge in [0, 0.05) is 11.9 Å². The molecule has 0 saturated heterocycles. The number of rotatable bonds is 5. The lowest BCUT2D eigenvalue weighted by Gasteiger charge is -2.24. The zero-order valence-corrected chi connectivity index (χ0v) is 10.3. The molecule has 0 radical (unpaired) electrons. The monoisotopic (exact) mass is 226 g/mol. The van der Waals surface area contributed by atoms with Gasteiger partial charge in [-0.05, 0) is 24.9 Å². The van der Waals surface area contributed by atoms with Crippen LogP contribution >= 0.6 is 11.3 Å². The number of carbonyl (C=O) groups excluding carboxylic acids is 1. The maximum atomic E-state index is 11.7. The van der Waals surface area contributed by atoms with E-state index in [4.69, 9.17) is 0 Å². The molecule has 0 spiro atoms. The summed E-state index contributed by atoms with van der Waals surface area (Å²) in [5.41, 5.74) is 0. The number of carbonyl (C=O) groups is 1. The fraction of sp³-hybridized carbons (Fsp3) is 0.545. The van der Waals surface area contributed by atoms with Gasteiger partial charge in [0.25, 0.3) is 0 Å². The standard InChI is InChI=1S/C11H18N2OS/c1-4-12-8-11(14)13(3)9(2)10-6-5-7-15-10/h5-7,9,12H,4,8H2,1-3H3. The molecule has 0 saturated carbocycles. The fourth-order valence-corrected chi connectivity index (χ4v) is 2.12. The van der Waals surface area contributed by atoms with Crippen molar-refractivity contribution >= 4 is 17.2 Å². The van der Waals surface area contributed by atoms with E-state index in [2.05, 4.69) is 18.3 Å². The van der Waals surface area contributed by atoms with E-state index in [-0.39, 0.29) is 11.9 Å². The molecule has 0 aliphatic rings. The minimum absolute atomic E-state index is 0.137. The van der Waals surface area contributed by atoms with Crippen LogP contribution in [0.5, 0.6) is 0 Å². The van der Waals surface area contributed by atoms with E-state index in [9.17, 15) is 4.79 Å². The molecule has 1 unspecified atom stereocenters. The van der Waals surface area contributed by atoms with Crippen LogP contribution in [0.4, 0.5) is 0 Å². The molecule has 15 heavy (non-hydrogen) atoms. The lowest BCUT2D eigenvalue weighted by molar-refractivity contribution is -0.130. The number of hydrogen-bond donors (Lipinski definition) is 1. The third-order valence-electron chi connectivity index (χ3n) is 2.46. The molecule has 1 atom stereocenters. The minimum Gasteiger partial charge on any atom is -0.337 e. The van der Waals surface area contributed by atoms with E-state index < -0.39 is 0 Å². The molecular formula is C11H18N2OS. The van der Waals surface area contributed by atoms with Crippen LogP contribution in [-0.2, 0) is 4.79 Å². The van der Waals surface area contributed by atoms with Gasteiger partial charge >= 0.3 is 0 Å². The van der Waals surface area contributed by atoms with Crippen molar-refractivity contribution in [3.63, 3.8) is 0 Å². The molecule has 84 valence electrons. The smallest absolute Gasteiger partial charge is 0.236 e. The molecule has 1 aromatic rings. The second-order valence-corrected chi connectivity index (χ2v) is 4.46. The van der Waals surface area contributed by atoms with E-state index in [1.54, 1.807) is 16.2 Å². The Hall–Kier alpha value is -0.870. The Morgan fingerprint density at radius 2 is 2.40 bits per heavy atom. The van der Waals surface area contributed by atoms with Gasteiger partial charge in [-0.2, -0.15) is 0 Å². The van der Waals surface area contributed by atoms with Crippen LogP contribution in [0.2, 0.25) is 0 Å². The highest BCUT2D eigenvalue weighted by molar-refractivity contribution is 7.10. The summed E-state index contributed by atoms with van der Waals surface area (Å²) in [6.45, 7) is 5.29. The third-order valence-corrected chi connectivity index (χ3v) is 3.50. The molecule has 0 aliphatic carbocycles. The van der Waals surface area contributed by atoms with Crippen molar-refractivity contribution in [3.8, 4) is 0 Å². The van der Waals surface area contributed by atoms with Gasteiger partial charge in [0.15, 0.2) is 0 Å². The molecule has 1 aromatic heterocycles. The Balaban J connectivity index is 2.52. The number of amides is 1. The summed E-state index contributed by atoms with van der Waals surface area (Å²) < 4.78 is 0. The first-order valence-electron chi connectivity index (χ1n) is 5.16. The Morgan fingerprint density at radius 3 is 2.93 bits per heavy atom. The lowest BCUT2D eigenvalue weighted by Crippen LogP contribution is -2.36. The minimum atomic E-state index is 0.137. The van der Waals surface area contributed by atoms with Gasteiger partial charge in [-0.3, -0.25) is 4.79 Å². The second-order valence-electron chi connectivity index (χ2n) is 3.48. The zero-order chi connectivity index (χ0) is 11.3. The average Bonchev–Trinajstić information content (AvgIpc) is 2.77. The van der Waals surface area contributed by atoms with Crippen LogP contribution in [0.15, 0.2) is 17.5 Å². The first kappa shape index (κ1) is 12.2. The molecule has 1 amide bonds. The van der Waals surface area contributed by atoms with Crippen molar-refractivity contribution in [1.29, 1.82) is 0 Å². The predicted octanol–water partition coefficient (Wildman–Crippen LogP) is 1.88. The van der Waals surface area contributed by atoms with Gasteiger partial charge in [-0.25, -0.2) is 0 Å². The van der Waals surface area contributed by atoms with Gasteiger partial charge in [0.2, 0.25) is 5.91 Å². The Bertz CT molecular complexity index is 298. The highest BCUT2D eigenvalue weighted by Gasteiger charge is 2.17. The normalized spacial score (nSPS) is 12.5. The number of nitrogens with zero attached hydrogens (tertiary/aromatic N) is 1. The number of hydrogen-bond acceptors (Lipinski definition) is 3. The molecule has 3 nitrogen and oxygen atoms in total. The Labute approximate surface area is 95.1 Å². The molecule has 1 N–H and O–H groups in total. The highest BCUT2D eigenvalue weighted by Crippen LogP contribution is 2.22. The van der Waals surface area contributed by atoms with E-state index in [0.717, 1.165) is 6.54 Å². The molecule has 4 heteroatoms. The van der Waals surface area contributed by atoms with Crippen LogP contribution < -0.4 is 5.32 Å². The largest absolute Gasteiger partial charge is 0.337 e. The average molecular weight is 226 g/mol. The van der Waals surface area contributed by atoms with Gasteiger partial charge in [0.1, 0.15) is 0 Å². The summed E-state index contributed by atoms with van der Waals surface area (Å²) in [6, 6.07) is 4.24. The zero-order valence-electron chi connectivity index (χ0n) is 9.49. The first-order chi connectivity index (χ1) is 7.16. The van der Waals surface area contributed by atoms with Crippen molar-refractivity contribution < 1.29 is 4.79 Å². The SMILES string of the molecule is CCNCC(=O)N(C)C(C)c1cccs1. The van der Waals surface area contributed by atoms with Crippen molar-refractivity contribution in [3.05, 3.63) is 22.4 Å². The highest BCUT2D eigenvalue weighted by atomic mass is 32.1. The molecule has 0 aliphatic heterocycles. The molecular weight excluding hydrogens is 208 g/mol. The lowest BCUT2D eigenvalue weighted by atomic mass is 10.2. The van der Waals surface area contributed by atoms with E-state index in [0.29, 0.717) is 6.54 Å². The summed E-state index contributed by atoms with van der Waals surface area (Å²) in [7, 11) is 1.85. The summed E-state index contributed by atoms with van der Waals surface area (Å²) in [4.78, 5) is 14.7. The van der Waals surface area contributed by atoms with Gasteiger partial charge in [-0.1, -0.05) is 13.0 Å². The summed E-state index contributed by atoms with van der Waals surface area (Å²) in [5.74, 6) is 0.137. The van der Waals surface area contributed by atoms with Gasteiger partial charge in [-0.15, -0.1) is 11.3 Å². The maximum Gasteiger partial charge on any atom is 0.236 e. The summed E-state index contributed by atoms with van der Waals surface area (Å²) >= 11 is 1.69. The van der Waals surface area contributed by atoms with Crippen molar-refractivity contribution in [2.24, 2.45) is 0 Å². The molecule has 1 rings (SSSR count). The van der Waals surface area contributed by atoms with Crippen molar-refractivity contribution in [2.75, 3.05) is 20.1 Å². The van der Waals surface area contributed by atoms with Gasteiger partial charge in [0.05, 0.1) is 12.6 Å². The van der Waals surface area contributed by atoms with Crippen LogP contribution in [0.25, 0.3) is 0 Å². The van der Waals surface area contributed by atoms with Crippen LogP contribution in [0, 0.1) is 0 Å². The number of likely N-dealkylation sites (N-methyl/N-ethyl adjacent to an activating group) is 2. The van der Waals surface area contributed by atoms with Crippen molar-refractivity contribution in [2.45, 2.75) is 19.9 Å². The molecule has 0 fully saturated rings. The van der Waals surface area contributed by atoms with Crippen LogP contribution in [-0.4, -0.2) is 30.9 Å². The maximum absolute atomic E-state index is 11.7. The summed E-state index contributed by atoms with van der Waals surface area (Å²) in [5, 5.41) is 5.08. The number of nitrogens with one attached hydrogen (secondary N) is 1. The van der Waals surface area contributed by atoms with E-state index in [1.807, 2.05) is 25.4 Å². The molecule has 1 heterocycles. The van der Waals surface area contributed by atoms with E-state index >= 15 is 0 Å². The van der Waals surface area contributed by atoms with E-state index in [1.165, 1.54) is 4.88 Å².